The molecule has 0 fully saturated rings. The predicted molar refractivity (Wildman–Crippen MR) is 85.9 cm³/mol. The zero-order valence-corrected chi connectivity index (χ0v) is 13.5. The van der Waals surface area contributed by atoms with E-state index in [9.17, 15) is 9.59 Å². The first-order valence-electron chi connectivity index (χ1n) is 6.65. The third kappa shape index (κ3) is 4.12. The highest BCUT2D eigenvalue weighted by Gasteiger charge is 2.23. The second kappa shape index (κ2) is 7.33. The third-order valence-corrected chi connectivity index (χ3v) is 4.65. The normalized spacial score (nSPS) is 11.9. The van der Waals surface area contributed by atoms with E-state index in [-0.39, 0.29) is 24.4 Å². The molecule has 2 aromatic heterocycles. The van der Waals surface area contributed by atoms with Crippen LogP contribution in [0.15, 0.2) is 29.1 Å². The number of rotatable bonds is 6. The summed E-state index contributed by atoms with van der Waals surface area (Å²) in [6, 6.07) is 3.62. The summed E-state index contributed by atoms with van der Waals surface area (Å²) in [5, 5.41) is 6.91. The molecule has 2 rings (SSSR count). The number of carbonyl (C=O) groups excluding carboxylic acids is 2. The van der Waals surface area contributed by atoms with Gasteiger partial charge < -0.3 is 10.2 Å². The van der Waals surface area contributed by atoms with Gasteiger partial charge in [-0.3, -0.25) is 9.59 Å². The van der Waals surface area contributed by atoms with Gasteiger partial charge in [-0.15, -0.1) is 22.7 Å². The SMILES string of the molecule is CCC(C)N(CC(=O)Nc1nccs1)C(=O)c1cccs1. The van der Waals surface area contributed by atoms with Gasteiger partial charge in [0.1, 0.15) is 6.54 Å². The highest BCUT2D eigenvalue weighted by molar-refractivity contribution is 7.13. The summed E-state index contributed by atoms with van der Waals surface area (Å²) in [6.07, 6.45) is 2.42. The first-order chi connectivity index (χ1) is 10.1. The average molecular weight is 323 g/mol. The summed E-state index contributed by atoms with van der Waals surface area (Å²) in [5.41, 5.74) is 0. The van der Waals surface area contributed by atoms with Gasteiger partial charge in [0.2, 0.25) is 5.91 Å². The van der Waals surface area contributed by atoms with Crippen molar-refractivity contribution < 1.29 is 9.59 Å². The summed E-state index contributed by atoms with van der Waals surface area (Å²) in [7, 11) is 0. The molecule has 0 aromatic carbocycles. The van der Waals surface area contributed by atoms with Gasteiger partial charge >= 0.3 is 0 Å². The molecule has 1 unspecified atom stereocenters. The quantitative estimate of drug-likeness (QED) is 0.888. The van der Waals surface area contributed by atoms with Crippen LogP contribution in [-0.2, 0) is 4.79 Å². The second-order valence-corrected chi connectivity index (χ2v) is 6.40. The Morgan fingerprint density at radius 1 is 1.38 bits per heavy atom. The molecule has 0 aliphatic heterocycles. The minimum Gasteiger partial charge on any atom is -0.326 e. The Bertz CT molecular complexity index is 581. The summed E-state index contributed by atoms with van der Waals surface area (Å²) >= 11 is 2.74. The molecule has 2 amide bonds. The van der Waals surface area contributed by atoms with Crippen molar-refractivity contribution in [1.82, 2.24) is 9.88 Å². The molecule has 7 heteroatoms. The minimum atomic E-state index is -0.227. The molecule has 0 radical (unpaired) electrons. The lowest BCUT2D eigenvalue weighted by Crippen LogP contribution is -2.43. The van der Waals surface area contributed by atoms with Gasteiger partial charge in [0.25, 0.3) is 5.91 Å². The molecular formula is C14H17N3O2S2. The lowest BCUT2D eigenvalue weighted by Gasteiger charge is -2.27. The van der Waals surface area contributed by atoms with E-state index >= 15 is 0 Å². The minimum absolute atomic E-state index is 0.00152. The van der Waals surface area contributed by atoms with Crippen LogP contribution >= 0.6 is 22.7 Å². The number of thiophene rings is 1. The van der Waals surface area contributed by atoms with Gasteiger partial charge in [-0.2, -0.15) is 0 Å². The van der Waals surface area contributed by atoms with Crippen molar-refractivity contribution >= 4 is 39.6 Å². The average Bonchev–Trinajstić information content (AvgIpc) is 3.16. The largest absolute Gasteiger partial charge is 0.326 e. The number of hydrogen-bond acceptors (Lipinski definition) is 5. The topological polar surface area (TPSA) is 62.3 Å². The van der Waals surface area contributed by atoms with Crippen LogP contribution in [0.1, 0.15) is 29.9 Å². The van der Waals surface area contributed by atoms with E-state index in [2.05, 4.69) is 10.3 Å². The zero-order chi connectivity index (χ0) is 15.2. The smallest absolute Gasteiger partial charge is 0.264 e. The monoisotopic (exact) mass is 323 g/mol. The molecule has 0 bridgehead atoms. The van der Waals surface area contributed by atoms with Crippen molar-refractivity contribution in [3.8, 4) is 0 Å². The lowest BCUT2D eigenvalue weighted by molar-refractivity contribution is -0.117. The maximum Gasteiger partial charge on any atom is 0.264 e. The van der Waals surface area contributed by atoms with Crippen molar-refractivity contribution in [2.45, 2.75) is 26.3 Å². The van der Waals surface area contributed by atoms with Crippen molar-refractivity contribution in [3.63, 3.8) is 0 Å². The fourth-order valence-electron chi connectivity index (χ4n) is 1.79. The molecule has 5 nitrogen and oxygen atoms in total. The Balaban J connectivity index is 2.06. The highest BCUT2D eigenvalue weighted by Crippen LogP contribution is 2.16. The van der Waals surface area contributed by atoms with Crippen molar-refractivity contribution in [2.75, 3.05) is 11.9 Å². The van der Waals surface area contributed by atoms with Crippen LogP contribution in [0.5, 0.6) is 0 Å². The van der Waals surface area contributed by atoms with Crippen LogP contribution in [0.2, 0.25) is 0 Å². The summed E-state index contributed by atoms with van der Waals surface area (Å²) < 4.78 is 0. The summed E-state index contributed by atoms with van der Waals surface area (Å²) in [6.45, 7) is 3.98. The maximum absolute atomic E-state index is 12.5. The van der Waals surface area contributed by atoms with Gasteiger partial charge in [0.15, 0.2) is 5.13 Å². The van der Waals surface area contributed by atoms with Crippen molar-refractivity contribution in [1.29, 1.82) is 0 Å². The molecule has 112 valence electrons. The molecule has 0 spiro atoms. The number of nitrogens with zero attached hydrogens (tertiary/aromatic N) is 2. The first kappa shape index (κ1) is 15.7. The van der Waals surface area contributed by atoms with Gasteiger partial charge in [-0.1, -0.05) is 13.0 Å². The number of hydrogen-bond donors (Lipinski definition) is 1. The van der Waals surface area contributed by atoms with E-state index in [1.54, 1.807) is 22.5 Å². The molecule has 2 aromatic rings. The predicted octanol–water partition coefficient (Wildman–Crippen LogP) is 3.08. The fourth-order valence-corrected chi connectivity index (χ4v) is 3.01. The van der Waals surface area contributed by atoms with E-state index in [1.807, 2.05) is 25.3 Å². The standard InChI is InChI=1S/C14H17N3O2S2/c1-3-10(2)17(13(19)11-5-4-7-20-11)9-12(18)16-14-15-6-8-21-14/h4-8,10H,3,9H2,1-2H3,(H,15,16,18). The molecule has 2 heterocycles. The van der Waals surface area contributed by atoms with Crippen LogP contribution in [0.4, 0.5) is 5.13 Å². The first-order valence-corrected chi connectivity index (χ1v) is 8.41. The summed E-state index contributed by atoms with van der Waals surface area (Å²) in [4.78, 5) is 30.8. The molecular weight excluding hydrogens is 306 g/mol. The summed E-state index contributed by atoms with van der Waals surface area (Å²) in [5.74, 6) is -0.330. The Kier molecular flexibility index (Phi) is 5.46. The molecule has 1 N–H and O–H groups in total. The van der Waals surface area contributed by atoms with Gasteiger partial charge in [-0.25, -0.2) is 4.98 Å². The lowest BCUT2D eigenvalue weighted by atomic mass is 10.2. The van der Waals surface area contributed by atoms with E-state index in [0.717, 1.165) is 6.42 Å². The molecule has 1 atom stereocenters. The second-order valence-electron chi connectivity index (χ2n) is 4.55. The third-order valence-electron chi connectivity index (χ3n) is 3.11. The van der Waals surface area contributed by atoms with Crippen molar-refractivity contribution in [3.05, 3.63) is 34.0 Å². The van der Waals surface area contributed by atoms with Gasteiger partial charge in [0.05, 0.1) is 4.88 Å². The molecule has 21 heavy (non-hydrogen) atoms. The molecule has 0 saturated heterocycles. The van der Waals surface area contributed by atoms with Crippen LogP contribution in [0.3, 0.4) is 0 Å². The van der Waals surface area contributed by atoms with E-state index < -0.39 is 0 Å². The number of amides is 2. The number of aromatic nitrogens is 1. The molecule has 0 saturated carbocycles. The Morgan fingerprint density at radius 2 is 2.19 bits per heavy atom. The fraction of sp³-hybridized carbons (Fsp3) is 0.357. The number of anilines is 1. The number of thiazole rings is 1. The van der Waals surface area contributed by atoms with Gasteiger partial charge in [0, 0.05) is 17.6 Å². The Morgan fingerprint density at radius 3 is 2.76 bits per heavy atom. The Hall–Kier alpha value is -1.73. The van der Waals surface area contributed by atoms with Gasteiger partial charge in [-0.05, 0) is 24.8 Å². The zero-order valence-electron chi connectivity index (χ0n) is 11.9. The van der Waals surface area contributed by atoms with Crippen molar-refractivity contribution in [2.24, 2.45) is 0 Å². The Labute approximate surface area is 131 Å². The van der Waals surface area contributed by atoms with E-state index in [4.69, 9.17) is 0 Å². The van der Waals surface area contributed by atoms with Crippen LogP contribution < -0.4 is 5.32 Å². The number of nitrogens with one attached hydrogen (secondary N) is 1. The molecule has 0 aliphatic carbocycles. The molecule has 0 aliphatic rings. The highest BCUT2D eigenvalue weighted by atomic mass is 32.1. The number of carbonyl (C=O) groups is 2. The maximum atomic E-state index is 12.5. The van der Waals surface area contributed by atoms with E-state index in [0.29, 0.717) is 10.0 Å². The van der Waals surface area contributed by atoms with E-state index in [1.165, 1.54) is 22.7 Å². The van der Waals surface area contributed by atoms with Crippen LogP contribution in [0, 0.1) is 0 Å². The van der Waals surface area contributed by atoms with Crippen LogP contribution in [-0.4, -0.2) is 34.3 Å². The van der Waals surface area contributed by atoms with Crippen LogP contribution in [0.25, 0.3) is 0 Å².